The second kappa shape index (κ2) is 4.96. The summed E-state index contributed by atoms with van der Waals surface area (Å²) in [5.74, 6) is 1.08. The molecule has 6 heteroatoms. The molecule has 4 rings (SSSR count). The van der Waals surface area contributed by atoms with Gasteiger partial charge in [0.25, 0.3) is 0 Å². The molecule has 3 aromatic rings. The molecular weight excluding hydrogens is 332 g/mol. The number of fused-ring (bicyclic) bond motifs is 1. The summed E-state index contributed by atoms with van der Waals surface area (Å²) in [6.07, 6.45) is 2.56. The lowest BCUT2D eigenvalue weighted by molar-refractivity contribution is 0.364. The van der Waals surface area contributed by atoms with Gasteiger partial charge < -0.3 is 9.84 Å². The lowest BCUT2D eigenvalue weighted by Gasteiger charge is -2.04. The standard InChI is InChI=1S/C15H11BrN4O/c16-10-5-3-7-17-13(10)14-19-15(21-20-14)12-8-9-4-1-2-6-11(9)18-12/h1-7,12,18H,8H2. The highest BCUT2D eigenvalue weighted by Gasteiger charge is 2.27. The Hall–Kier alpha value is -2.21. The van der Waals surface area contributed by atoms with Gasteiger partial charge in [0.15, 0.2) is 0 Å². The van der Waals surface area contributed by atoms with Crippen LogP contribution in [0.4, 0.5) is 5.69 Å². The van der Waals surface area contributed by atoms with Crippen LogP contribution in [0.5, 0.6) is 0 Å². The first-order valence-electron chi connectivity index (χ1n) is 6.60. The predicted octanol–water partition coefficient (Wildman–Crippen LogP) is 3.60. The van der Waals surface area contributed by atoms with E-state index in [9.17, 15) is 0 Å². The van der Waals surface area contributed by atoms with Crippen molar-refractivity contribution < 1.29 is 4.52 Å². The maximum absolute atomic E-state index is 5.40. The number of anilines is 1. The van der Waals surface area contributed by atoms with Crippen molar-refractivity contribution in [2.75, 3.05) is 5.32 Å². The van der Waals surface area contributed by atoms with Gasteiger partial charge in [-0.1, -0.05) is 23.4 Å². The zero-order chi connectivity index (χ0) is 14.2. The minimum Gasteiger partial charge on any atom is -0.373 e. The minimum absolute atomic E-state index is 0.0196. The molecule has 1 aliphatic heterocycles. The molecule has 1 unspecified atom stereocenters. The van der Waals surface area contributed by atoms with E-state index >= 15 is 0 Å². The Balaban J connectivity index is 1.63. The second-order valence-electron chi connectivity index (χ2n) is 4.85. The number of halogens is 1. The molecule has 0 aliphatic carbocycles. The van der Waals surface area contributed by atoms with Gasteiger partial charge in [-0.3, -0.25) is 4.98 Å². The van der Waals surface area contributed by atoms with Crippen LogP contribution in [0.25, 0.3) is 11.5 Å². The Labute approximate surface area is 129 Å². The molecule has 0 saturated carbocycles. The number of nitrogens with zero attached hydrogens (tertiary/aromatic N) is 3. The van der Waals surface area contributed by atoms with Crippen molar-refractivity contribution >= 4 is 21.6 Å². The van der Waals surface area contributed by atoms with Crippen LogP contribution in [0.1, 0.15) is 17.5 Å². The lowest BCUT2D eigenvalue weighted by atomic mass is 10.1. The van der Waals surface area contributed by atoms with Crippen LogP contribution in [0, 0.1) is 0 Å². The SMILES string of the molecule is Brc1cccnc1-c1noc(C2Cc3ccccc3N2)n1. The van der Waals surface area contributed by atoms with Crippen LogP contribution in [0.15, 0.2) is 51.6 Å². The van der Waals surface area contributed by atoms with Crippen LogP contribution >= 0.6 is 15.9 Å². The smallest absolute Gasteiger partial charge is 0.249 e. The maximum Gasteiger partial charge on any atom is 0.249 e. The first kappa shape index (κ1) is 12.5. The molecule has 1 aliphatic rings. The van der Waals surface area contributed by atoms with Crippen molar-refractivity contribution in [3.8, 4) is 11.5 Å². The first-order valence-corrected chi connectivity index (χ1v) is 7.39. The third kappa shape index (κ3) is 2.21. The van der Waals surface area contributed by atoms with E-state index in [1.54, 1.807) is 6.20 Å². The normalized spacial score (nSPS) is 16.5. The average molecular weight is 343 g/mol. The second-order valence-corrected chi connectivity index (χ2v) is 5.70. The van der Waals surface area contributed by atoms with Crippen molar-refractivity contribution in [1.82, 2.24) is 15.1 Å². The van der Waals surface area contributed by atoms with Crippen LogP contribution < -0.4 is 5.32 Å². The van der Waals surface area contributed by atoms with Crippen LogP contribution in [-0.2, 0) is 6.42 Å². The molecule has 0 saturated heterocycles. The topological polar surface area (TPSA) is 63.8 Å². The van der Waals surface area contributed by atoms with E-state index in [2.05, 4.69) is 48.5 Å². The Bertz CT molecular complexity index is 777. The van der Waals surface area contributed by atoms with E-state index in [0.29, 0.717) is 17.4 Å². The number of nitrogens with one attached hydrogen (secondary N) is 1. The largest absolute Gasteiger partial charge is 0.373 e. The monoisotopic (exact) mass is 342 g/mol. The summed E-state index contributed by atoms with van der Waals surface area (Å²) in [6, 6.07) is 12.0. The molecule has 3 heterocycles. The van der Waals surface area contributed by atoms with Gasteiger partial charge in [0.05, 0.1) is 0 Å². The third-order valence-corrected chi connectivity index (χ3v) is 4.12. The molecule has 21 heavy (non-hydrogen) atoms. The van der Waals surface area contributed by atoms with E-state index in [1.165, 1.54) is 5.56 Å². The fourth-order valence-electron chi connectivity index (χ4n) is 2.47. The summed E-state index contributed by atoms with van der Waals surface area (Å²) in [5.41, 5.74) is 3.07. The Morgan fingerprint density at radius 2 is 2.10 bits per heavy atom. The molecule has 1 aromatic carbocycles. The molecule has 0 radical (unpaired) electrons. The average Bonchev–Trinajstić information content (AvgIpc) is 3.14. The predicted molar refractivity (Wildman–Crippen MR) is 81.7 cm³/mol. The molecule has 1 atom stereocenters. The van der Waals surface area contributed by atoms with E-state index < -0.39 is 0 Å². The number of hydrogen-bond donors (Lipinski definition) is 1. The highest BCUT2D eigenvalue weighted by atomic mass is 79.9. The van der Waals surface area contributed by atoms with Gasteiger partial charge in [0, 0.05) is 22.8 Å². The third-order valence-electron chi connectivity index (χ3n) is 3.48. The summed E-state index contributed by atoms with van der Waals surface area (Å²) in [7, 11) is 0. The van der Waals surface area contributed by atoms with Crippen molar-refractivity contribution in [2.24, 2.45) is 0 Å². The van der Waals surface area contributed by atoms with Crippen LogP contribution in [0.2, 0.25) is 0 Å². The first-order chi connectivity index (χ1) is 10.3. The summed E-state index contributed by atoms with van der Waals surface area (Å²) in [5, 5.41) is 7.44. The fourth-order valence-corrected chi connectivity index (χ4v) is 2.90. The van der Waals surface area contributed by atoms with Crippen molar-refractivity contribution in [3.63, 3.8) is 0 Å². The number of pyridine rings is 1. The van der Waals surface area contributed by atoms with E-state index in [0.717, 1.165) is 16.6 Å². The van der Waals surface area contributed by atoms with E-state index in [1.807, 2.05) is 24.3 Å². The maximum atomic E-state index is 5.40. The van der Waals surface area contributed by atoms with Gasteiger partial charge >= 0.3 is 0 Å². The lowest BCUT2D eigenvalue weighted by Crippen LogP contribution is -2.05. The van der Waals surface area contributed by atoms with Gasteiger partial charge in [-0.15, -0.1) is 0 Å². The zero-order valence-corrected chi connectivity index (χ0v) is 12.5. The molecule has 2 aromatic heterocycles. The summed E-state index contributed by atoms with van der Waals surface area (Å²) >= 11 is 3.45. The zero-order valence-electron chi connectivity index (χ0n) is 11.0. The van der Waals surface area contributed by atoms with Gasteiger partial charge in [0.2, 0.25) is 11.7 Å². The van der Waals surface area contributed by atoms with Gasteiger partial charge in [-0.25, -0.2) is 0 Å². The summed E-state index contributed by atoms with van der Waals surface area (Å²) in [4.78, 5) is 8.75. The van der Waals surface area contributed by atoms with Crippen molar-refractivity contribution in [1.29, 1.82) is 0 Å². The highest BCUT2D eigenvalue weighted by Crippen LogP contribution is 2.34. The van der Waals surface area contributed by atoms with Crippen LogP contribution in [-0.4, -0.2) is 15.1 Å². The number of benzene rings is 1. The Morgan fingerprint density at radius 3 is 2.95 bits per heavy atom. The number of para-hydroxylation sites is 1. The quantitative estimate of drug-likeness (QED) is 0.770. The molecule has 0 fully saturated rings. The fraction of sp³-hybridized carbons (Fsp3) is 0.133. The van der Waals surface area contributed by atoms with Gasteiger partial charge in [-0.2, -0.15) is 4.98 Å². The van der Waals surface area contributed by atoms with Crippen molar-refractivity contribution in [2.45, 2.75) is 12.5 Å². The van der Waals surface area contributed by atoms with Crippen molar-refractivity contribution in [3.05, 3.63) is 58.5 Å². The van der Waals surface area contributed by atoms with Gasteiger partial charge in [-0.05, 0) is 39.7 Å². The molecule has 5 nitrogen and oxygen atoms in total. The van der Waals surface area contributed by atoms with E-state index in [-0.39, 0.29) is 6.04 Å². The molecular formula is C15H11BrN4O. The molecule has 0 bridgehead atoms. The summed E-state index contributed by atoms with van der Waals surface area (Å²) < 4.78 is 6.25. The van der Waals surface area contributed by atoms with E-state index in [4.69, 9.17) is 4.52 Å². The Morgan fingerprint density at radius 1 is 1.19 bits per heavy atom. The van der Waals surface area contributed by atoms with Gasteiger partial charge in [0.1, 0.15) is 11.7 Å². The molecule has 1 N–H and O–H groups in total. The number of aromatic nitrogens is 3. The number of rotatable bonds is 2. The minimum atomic E-state index is 0.0196. The highest BCUT2D eigenvalue weighted by molar-refractivity contribution is 9.10. The summed E-state index contributed by atoms with van der Waals surface area (Å²) in [6.45, 7) is 0. The number of hydrogen-bond acceptors (Lipinski definition) is 5. The molecule has 104 valence electrons. The Kier molecular flexibility index (Phi) is 2.96. The molecule has 0 spiro atoms. The molecule has 0 amide bonds. The van der Waals surface area contributed by atoms with Crippen LogP contribution in [0.3, 0.4) is 0 Å².